The van der Waals surface area contributed by atoms with Gasteiger partial charge in [-0.25, -0.2) is 4.57 Å². The number of carbonyl (C=O) groups is 1. The molecule has 0 atom stereocenters. The Kier molecular flexibility index (Phi) is 4.50. The molecule has 3 aromatic rings. The van der Waals surface area contributed by atoms with Gasteiger partial charge in [0, 0.05) is 0 Å². The summed E-state index contributed by atoms with van der Waals surface area (Å²) in [5.41, 5.74) is 0.670. The minimum absolute atomic E-state index is 0.307. The lowest BCUT2D eigenvalue weighted by Crippen LogP contribution is -2.32. The lowest BCUT2D eigenvalue weighted by molar-refractivity contribution is -0.603. The third-order valence-corrected chi connectivity index (χ3v) is 3.68. The number of aromatic nitrogens is 3. The van der Waals surface area contributed by atoms with E-state index in [1.54, 1.807) is 22.8 Å². The van der Waals surface area contributed by atoms with Crippen molar-refractivity contribution in [3.8, 4) is 5.95 Å². The summed E-state index contributed by atoms with van der Waals surface area (Å²) in [6, 6.07) is 10.6. The highest BCUT2D eigenvalue weighted by atomic mass is 35.5. The summed E-state index contributed by atoms with van der Waals surface area (Å²) in [6.45, 7) is 0. The molecular weight excluding hydrogens is 335 g/mol. The second-order valence-corrected chi connectivity index (χ2v) is 5.42. The fraction of sp³-hybridized carbons (Fsp3) is 0. The summed E-state index contributed by atoms with van der Waals surface area (Å²) in [5.74, 6) is 0.0857. The van der Waals surface area contributed by atoms with Gasteiger partial charge in [-0.1, -0.05) is 45.3 Å². The number of carbonyl (C=O) groups excluding carboxylic acids is 1. The summed E-state index contributed by atoms with van der Waals surface area (Å²) in [6.07, 6.45) is 6.53. The van der Waals surface area contributed by atoms with Gasteiger partial charge in [-0.05, 0) is 24.3 Å². The second kappa shape index (κ2) is 6.73. The average Bonchev–Trinajstić information content (AvgIpc) is 2.59. The van der Waals surface area contributed by atoms with Gasteiger partial charge in [-0.3, -0.25) is 4.79 Å². The van der Waals surface area contributed by atoms with Gasteiger partial charge in [0.1, 0.15) is 18.0 Å². The average molecular weight is 346 g/mol. The van der Waals surface area contributed by atoms with Gasteiger partial charge in [0.2, 0.25) is 0 Å². The number of rotatable bonds is 3. The van der Waals surface area contributed by atoms with Gasteiger partial charge in [0.05, 0.1) is 28.1 Å². The summed E-state index contributed by atoms with van der Waals surface area (Å²) >= 11 is 12.1. The zero-order chi connectivity index (χ0) is 16.2. The number of hydrogen-bond donors (Lipinski definition) is 1. The van der Waals surface area contributed by atoms with Crippen molar-refractivity contribution in [1.82, 2.24) is 9.97 Å². The zero-order valence-electron chi connectivity index (χ0n) is 11.8. The molecule has 114 valence electrons. The van der Waals surface area contributed by atoms with Crippen LogP contribution >= 0.6 is 23.2 Å². The van der Waals surface area contributed by atoms with E-state index in [2.05, 4.69) is 15.3 Å². The molecule has 0 radical (unpaired) electrons. The molecule has 0 aliphatic carbocycles. The highest BCUT2D eigenvalue weighted by molar-refractivity contribution is 6.40. The Bertz CT molecular complexity index is 818. The molecule has 1 aromatic carbocycles. The molecule has 23 heavy (non-hydrogen) atoms. The van der Waals surface area contributed by atoms with Crippen LogP contribution < -0.4 is 9.88 Å². The lowest BCUT2D eigenvalue weighted by atomic mass is 10.2. The smallest absolute Gasteiger partial charge is 0.319 e. The largest absolute Gasteiger partial charge is 0.437 e. The molecule has 0 saturated heterocycles. The molecule has 0 aliphatic heterocycles. The highest BCUT2D eigenvalue weighted by Gasteiger charge is 2.16. The van der Waals surface area contributed by atoms with E-state index in [4.69, 9.17) is 23.2 Å². The molecule has 7 heteroatoms. The van der Waals surface area contributed by atoms with E-state index >= 15 is 0 Å². The molecule has 3 rings (SSSR count). The number of hydrogen-bond acceptors (Lipinski definition) is 3. The van der Waals surface area contributed by atoms with Crippen molar-refractivity contribution < 1.29 is 9.36 Å². The van der Waals surface area contributed by atoms with Crippen molar-refractivity contribution in [2.75, 3.05) is 5.32 Å². The molecule has 0 bridgehead atoms. The number of nitrogens with zero attached hydrogens (tertiary/aromatic N) is 3. The predicted molar refractivity (Wildman–Crippen MR) is 88.0 cm³/mol. The van der Waals surface area contributed by atoms with Gasteiger partial charge >= 0.3 is 5.95 Å². The van der Waals surface area contributed by atoms with E-state index in [-0.39, 0.29) is 5.91 Å². The molecule has 2 heterocycles. The topological polar surface area (TPSA) is 58.8 Å². The van der Waals surface area contributed by atoms with E-state index in [1.165, 1.54) is 12.4 Å². The summed E-state index contributed by atoms with van der Waals surface area (Å²) in [4.78, 5) is 20.6. The normalized spacial score (nSPS) is 10.3. The number of anilines is 1. The maximum absolute atomic E-state index is 12.3. The summed E-state index contributed by atoms with van der Waals surface area (Å²) < 4.78 is 1.74. The van der Waals surface area contributed by atoms with Crippen LogP contribution in [0.25, 0.3) is 5.95 Å². The minimum atomic E-state index is -0.385. The van der Waals surface area contributed by atoms with Crippen LogP contribution in [0, 0.1) is 0 Å². The predicted octanol–water partition coefficient (Wildman–Crippen LogP) is 3.31. The second-order valence-electron chi connectivity index (χ2n) is 4.61. The molecular formula is C16H11Cl2N4O+. The molecule has 0 unspecified atom stereocenters. The van der Waals surface area contributed by atoms with E-state index in [1.807, 2.05) is 30.6 Å². The van der Waals surface area contributed by atoms with Gasteiger partial charge in [0.15, 0.2) is 0 Å². The van der Waals surface area contributed by atoms with Gasteiger partial charge in [0.25, 0.3) is 5.91 Å². The number of amides is 1. The first kappa shape index (κ1) is 15.4. The molecule has 0 spiro atoms. The van der Waals surface area contributed by atoms with Crippen LogP contribution in [0.2, 0.25) is 10.0 Å². The molecule has 5 nitrogen and oxygen atoms in total. The first-order valence-corrected chi connectivity index (χ1v) is 7.45. The molecule has 1 amide bonds. The third kappa shape index (κ3) is 3.47. The minimum Gasteiger partial charge on any atom is -0.319 e. The Morgan fingerprint density at radius 2 is 1.57 bits per heavy atom. The SMILES string of the molecule is O=C(Nc1c(Cl)cccc1Cl)c1cnc(-[n+]2ccccc2)nc1. The monoisotopic (exact) mass is 345 g/mol. The molecule has 2 aromatic heterocycles. The molecule has 0 saturated carbocycles. The van der Waals surface area contributed by atoms with Crippen molar-refractivity contribution in [2.24, 2.45) is 0 Å². The van der Waals surface area contributed by atoms with Crippen molar-refractivity contribution in [1.29, 1.82) is 0 Å². The fourth-order valence-corrected chi connectivity index (χ4v) is 2.40. The molecule has 0 fully saturated rings. The van der Waals surface area contributed by atoms with Crippen LogP contribution in [0.5, 0.6) is 0 Å². The maximum atomic E-state index is 12.3. The van der Waals surface area contributed by atoms with Crippen LogP contribution in [0.15, 0.2) is 61.2 Å². The van der Waals surface area contributed by atoms with Gasteiger partial charge in [-0.2, -0.15) is 0 Å². The van der Waals surface area contributed by atoms with E-state index < -0.39 is 0 Å². The third-order valence-electron chi connectivity index (χ3n) is 3.05. The molecule has 0 aliphatic rings. The van der Waals surface area contributed by atoms with Gasteiger partial charge < -0.3 is 5.32 Å². The quantitative estimate of drug-likeness (QED) is 0.741. The number of nitrogens with one attached hydrogen (secondary N) is 1. The van der Waals surface area contributed by atoms with Crippen molar-refractivity contribution in [3.05, 3.63) is 76.8 Å². The Labute approximate surface area is 142 Å². The number of para-hydroxylation sites is 1. The first-order valence-electron chi connectivity index (χ1n) is 6.69. The number of benzene rings is 1. The Balaban J connectivity index is 1.81. The Hall–Kier alpha value is -2.50. The number of halogens is 2. The first-order chi connectivity index (χ1) is 11.1. The van der Waals surface area contributed by atoms with Crippen LogP contribution in [-0.2, 0) is 0 Å². The summed E-state index contributed by atoms with van der Waals surface area (Å²) in [7, 11) is 0. The summed E-state index contributed by atoms with van der Waals surface area (Å²) in [5, 5.41) is 3.39. The molecule has 1 N–H and O–H groups in total. The van der Waals surface area contributed by atoms with E-state index in [0.717, 1.165) is 0 Å². The van der Waals surface area contributed by atoms with Crippen molar-refractivity contribution >= 4 is 34.8 Å². The van der Waals surface area contributed by atoms with Gasteiger partial charge in [-0.15, -0.1) is 0 Å². The van der Waals surface area contributed by atoms with Crippen molar-refractivity contribution in [3.63, 3.8) is 0 Å². The maximum Gasteiger partial charge on any atom is 0.437 e. The standard InChI is InChI=1S/C16H10Cl2N4O/c17-12-5-4-6-13(18)14(12)21-15(23)11-9-19-16(20-10-11)22-7-2-1-3-8-22/h1-10H/p+1. The highest BCUT2D eigenvalue weighted by Crippen LogP contribution is 2.30. The Morgan fingerprint density at radius 1 is 0.957 bits per heavy atom. The van der Waals surface area contributed by atoms with Crippen LogP contribution in [0.3, 0.4) is 0 Å². The van der Waals surface area contributed by atoms with Crippen LogP contribution in [0.1, 0.15) is 10.4 Å². The fourth-order valence-electron chi connectivity index (χ4n) is 1.91. The lowest BCUT2D eigenvalue weighted by Gasteiger charge is -2.07. The van der Waals surface area contributed by atoms with Crippen molar-refractivity contribution in [2.45, 2.75) is 0 Å². The number of pyridine rings is 1. The van der Waals surface area contributed by atoms with E-state index in [9.17, 15) is 4.79 Å². The van der Waals surface area contributed by atoms with Crippen LogP contribution in [-0.4, -0.2) is 15.9 Å². The van der Waals surface area contributed by atoms with Crippen LogP contribution in [0.4, 0.5) is 5.69 Å². The zero-order valence-corrected chi connectivity index (χ0v) is 13.3. The van der Waals surface area contributed by atoms with E-state index in [0.29, 0.717) is 27.2 Å². The Morgan fingerprint density at radius 3 is 2.17 bits per heavy atom.